The molecule has 3 N–H and O–H groups in total. The maximum absolute atomic E-state index is 11.7. The van der Waals surface area contributed by atoms with Gasteiger partial charge in [-0.25, -0.2) is 0 Å². The summed E-state index contributed by atoms with van der Waals surface area (Å²) in [6.07, 6.45) is 0.373. The van der Waals surface area contributed by atoms with E-state index in [2.05, 4.69) is 36.2 Å². The Hall–Kier alpha value is -1.39. The van der Waals surface area contributed by atoms with Crippen LogP contribution in [0.1, 0.15) is 38.3 Å². The van der Waals surface area contributed by atoms with E-state index in [1.54, 1.807) is 0 Å². The highest BCUT2D eigenvalue weighted by atomic mass is 16.1. The molecule has 0 heterocycles. The van der Waals surface area contributed by atoms with Gasteiger partial charge in [-0.05, 0) is 31.1 Å². The highest BCUT2D eigenvalue weighted by molar-refractivity contribution is 5.76. The first-order valence-corrected chi connectivity index (χ1v) is 7.38. The summed E-state index contributed by atoms with van der Waals surface area (Å²) < 4.78 is 0. The number of hydrogen-bond donors (Lipinski definition) is 2. The highest BCUT2D eigenvalue weighted by Crippen LogP contribution is 2.11. The minimum absolute atomic E-state index is 0.0117. The van der Waals surface area contributed by atoms with Gasteiger partial charge in [0.05, 0.1) is 0 Å². The van der Waals surface area contributed by atoms with Gasteiger partial charge < -0.3 is 11.1 Å². The molecule has 4 heteroatoms. The summed E-state index contributed by atoms with van der Waals surface area (Å²) in [4.78, 5) is 14.0. The van der Waals surface area contributed by atoms with Crippen LogP contribution in [-0.4, -0.2) is 29.9 Å². The number of nitrogens with one attached hydrogen (secondary N) is 1. The van der Waals surface area contributed by atoms with Crippen molar-refractivity contribution in [1.29, 1.82) is 0 Å². The molecule has 1 amide bonds. The zero-order valence-corrected chi connectivity index (χ0v) is 12.9. The summed E-state index contributed by atoms with van der Waals surface area (Å²) in [5.41, 5.74) is 8.08. The normalized spacial score (nSPS) is 12.4. The van der Waals surface area contributed by atoms with Gasteiger partial charge in [-0.3, -0.25) is 9.69 Å². The van der Waals surface area contributed by atoms with Crippen molar-refractivity contribution in [3.63, 3.8) is 0 Å². The molecule has 1 atom stereocenters. The first-order chi connectivity index (χ1) is 9.56. The Kier molecular flexibility index (Phi) is 7.26. The lowest BCUT2D eigenvalue weighted by molar-refractivity contribution is -0.121. The van der Waals surface area contributed by atoms with Gasteiger partial charge in [0.15, 0.2) is 0 Å². The maximum Gasteiger partial charge on any atom is 0.221 e. The number of nitrogens with zero attached hydrogens (tertiary/aromatic N) is 1. The SMILES string of the molecule is CCN(CC)Cc1ccccc1CNC(=O)CC(C)N. The molecular weight excluding hydrogens is 250 g/mol. The monoisotopic (exact) mass is 277 g/mol. The van der Waals surface area contributed by atoms with Crippen LogP contribution >= 0.6 is 0 Å². The van der Waals surface area contributed by atoms with Gasteiger partial charge in [-0.15, -0.1) is 0 Å². The fourth-order valence-electron chi connectivity index (χ4n) is 2.13. The molecule has 0 radical (unpaired) electrons. The summed E-state index contributed by atoms with van der Waals surface area (Å²) in [6, 6.07) is 8.17. The van der Waals surface area contributed by atoms with Crippen LogP contribution in [0.25, 0.3) is 0 Å². The van der Waals surface area contributed by atoms with Crippen LogP contribution in [-0.2, 0) is 17.9 Å². The van der Waals surface area contributed by atoms with E-state index < -0.39 is 0 Å². The van der Waals surface area contributed by atoms with Gasteiger partial charge in [0.2, 0.25) is 5.91 Å². The Bertz CT molecular complexity index is 414. The Morgan fingerprint density at radius 3 is 2.40 bits per heavy atom. The molecule has 20 heavy (non-hydrogen) atoms. The average Bonchev–Trinajstić information content (AvgIpc) is 2.42. The minimum Gasteiger partial charge on any atom is -0.352 e. The third-order valence-corrected chi connectivity index (χ3v) is 3.39. The van der Waals surface area contributed by atoms with E-state index in [0.717, 1.165) is 19.6 Å². The van der Waals surface area contributed by atoms with E-state index in [9.17, 15) is 4.79 Å². The second-order valence-corrected chi connectivity index (χ2v) is 5.19. The van der Waals surface area contributed by atoms with E-state index >= 15 is 0 Å². The van der Waals surface area contributed by atoms with Gasteiger partial charge in [0, 0.05) is 25.6 Å². The Morgan fingerprint density at radius 2 is 1.85 bits per heavy atom. The summed E-state index contributed by atoms with van der Waals surface area (Å²) in [6.45, 7) is 9.72. The fourth-order valence-corrected chi connectivity index (χ4v) is 2.13. The molecule has 0 aliphatic heterocycles. The van der Waals surface area contributed by atoms with E-state index in [4.69, 9.17) is 5.73 Å². The van der Waals surface area contributed by atoms with Crippen LogP contribution in [0.3, 0.4) is 0 Å². The van der Waals surface area contributed by atoms with Crippen LogP contribution in [0.5, 0.6) is 0 Å². The van der Waals surface area contributed by atoms with Gasteiger partial charge in [-0.2, -0.15) is 0 Å². The molecule has 0 fully saturated rings. The Labute approximate surface area is 122 Å². The number of carbonyl (C=O) groups excluding carboxylic acids is 1. The third-order valence-electron chi connectivity index (χ3n) is 3.39. The topological polar surface area (TPSA) is 58.4 Å². The van der Waals surface area contributed by atoms with Crippen molar-refractivity contribution < 1.29 is 4.79 Å². The lowest BCUT2D eigenvalue weighted by Crippen LogP contribution is -2.30. The van der Waals surface area contributed by atoms with Crippen molar-refractivity contribution in [2.45, 2.75) is 46.3 Å². The Balaban J connectivity index is 2.63. The van der Waals surface area contributed by atoms with Gasteiger partial charge in [0.1, 0.15) is 0 Å². The van der Waals surface area contributed by atoms with E-state index in [0.29, 0.717) is 13.0 Å². The highest BCUT2D eigenvalue weighted by Gasteiger charge is 2.08. The summed E-state index contributed by atoms with van der Waals surface area (Å²) in [5, 5.41) is 2.94. The Morgan fingerprint density at radius 1 is 1.25 bits per heavy atom. The quantitative estimate of drug-likeness (QED) is 0.763. The van der Waals surface area contributed by atoms with Crippen molar-refractivity contribution in [2.24, 2.45) is 5.73 Å². The first kappa shape index (κ1) is 16.7. The standard InChI is InChI=1S/C16H27N3O/c1-4-19(5-2)12-15-9-7-6-8-14(15)11-18-16(20)10-13(3)17/h6-9,13H,4-5,10-12,17H2,1-3H3,(H,18,20). The zero-order chi connectivity index (χ0) is 15.0. The van der Waals surface area contributed by atoms with Crippen molar-refractivity contribution in [3.8, 4) is 0 Å². The molecule has 0 aliphatic rings. The predicted octanol–water partition coefficient (Wildman–Crippen LogP) is 1.88. The van der Waals surface area contributed by atoms with Crippen LogP contribution in [0.15, 0.2) is 24.3 Å². The molecule has 0 saturated carbocycles. The number of nitrogens with two attached hydrogens (primary N) is 1. The largest absolute Gasteiger partial charge is 0.352 e. The molecule has 1 aromatic rings. The summed E-state index contributed by atoms with van der Waals surface area (Å²) in [5.74, 6) is 0.0117. The van der Waals surface area contributed by atoms with Gasteiger partial charge in [-0.1, -0.05) is 38.1 Å². The molecule has 112 valence electrons. The number of carbonyl (C=O) groups is 1. The molecule has 1 rings (SSSR count). The van der Waals surface area contributed by atoms with Crippen LogP contribution < -0.4 is 11.1 Å². The third kappa shape index (κ3) is 5.72. The van der Waals surface area contributed by atoms with Crippen molar-refractivity contribution in [1.82, 2.24) is 10.2 Å². The summed E-state index contributed by atoms with van der Waals surface area (Å²) >= 11 is 0. The van der Waals surface area contributed by atoms with Gasteiger partial charge >= 0.3 is 0 Å². The first-order valence-electron chi connectivity index (χ1n) is 7.38. The number of amides is 1. The predicted molar refractivity (Wildman–Crippen MR) is 83.2 cm³/mol. The average molecular weight is 277 g/mol. The number of rotatable bonds is 8. The second kappa shape index (κ2) is 8.72. The lowest BCUT2D eigenvalue weighted by atomic mass is 10.1. The molecule has 0 saturated heterocycles. The molecule has 0 spiro atoms. The lowest BCUT2D eigenvalue weighted by Gasteiger charge is -2.20. The molecule has 1 unspecified atom stereocenters. The second-order valence-electron chi connectivity index (χ2n) is 5.19. The van der Waals surface area contributed by atoms with Crippen molar-refractivity contribution in [3.05, 3.63) is 35.4 Å². The van der Waals surface area contributed by atoms with Crippen LogP contribution in [0, 0.1) is 0 Å². The maximum atomic E-state index is 11.7. The van der Waals surface area contributed by atoms with Gasteiger partial charge in [0.25, 0.3) is 0 Å². The van der Waals surface area contributed by atoms with Crippen molar-refractivity contribution in [2.75, 3.05) is 13.1 Å². The van der Waals surface area contributed by atoms with E-state index in [1.165, 1.54) is 11.1 Å². The fraction of sp³-hybridized carbons (Fsp3) is 0.562. The molecule has 0 aromatic heterocycles. The molecule has 1 aromatic carbocycles. The number of hydrogen-bond acceptors (Lipinski definition) is 3. The molecule has 0 bridgehead atoms. The summed E-state index contributed by atoms with van der Waals surface area (Å²) in [7, 11) is 0. The zero-order valence-electron chi connectivity index (χ0n) is 12.9. The molecular formula is C16H27N3O. The van der Waals surface area contributed by atoms with Crippen LogP contribution in [0.2, 0.25) is 0 Å². The van der Waals surface area contributed by atoms with Crippen LogP contribution in [0.4, 0.5) is 0 Å². The van der Waals surface area contributed by atoms with E-state index in [-0.39, 0.29) is 11.9 Å². The smallest absolute Gasteiger partial charge is 0.221 e. The number of benzene rings is 1. The molecule has 0 aliphatic carbocycles. The van der Waals surface area contributed by atoms with Crippen molar-refractivity contribution >= 4 is 5.91 Å². The minimum atomic E-state index is -0.0964. The van der Waals surface area contributed by atoms with E-state index in [1.807, 2.05) is 19.1 Å². The molecule has 4 nitrogen and oxygen atoms in total.